The number of carbonyl (C=O) groups is 1. The monoisotopic (exact) mass is 311 g/mol. The molecule has 0 aromatic heterocycles. The van der Waals surface area contributed by atoms with Gasteiger partial charge in [0.05, 0.1) is 5.69 Å². The molecule has 0 radical (unpaired) electrons. The van der Waals surface area contributed by atoms with Crippen LogP contribution >= 0.6 is 0 Å². The summed E-state index contributed by atoms with van der Waals surface area (Å²) in [5.41, 5.74) is 2.36. The second kappa shape index (κ2) is 5.80. The van der Waals surface area contributed by atoms with Gasteiger partial charge in [0.2, 0.25) is 5.78 Å². The van der Waals surface area contributed by atoms with Crippen molar-refractivity contribution in [3.8, 4) is 5.75 Å². The Morgan fingerprint density at radius 2 is 1.35 bits per heavy atom. The van der Waals surface area contributed by atoms with Crippen molar-refractivity contribution in [2.24, 2.45) is 4.99 Å². The molecule has 0 saturated heterocycles. The molecule has 1 aromatic carbocycles. The Balaban J connectivity index is 2.66. The molecule has 0 fully saturated rings. The van der Waals surface area contributed by atoms with Crippen LogP contribution in [-0.2, 0) is 15.6 Å². The van der Waals surface area contributed by atoms with E-state index >= 15 is 0 Å². The number of ketones is 1. The van der Waals surface area contributed by atoms with Gasteiger partial charge >= 0.3 is 0 Å². The highest BCUT2D eigenvalue weighted by atomic mass is 16.3. The molecule has 0 spiro atoms. The number of aromatic hydroxyl groups is 1. The Bertz CT molecular complexity index is 688. The van der Waals surface area contributed by atoms with Crippen LogP contribution in [0.25, 0.3) is 0 Å². The van der Waals surface area contributed by atoms with Crippen molar-refractivity contribution >= 4 is 17.2 Å². The summed E-state index contributed by atoms with van der Waals surface area (Å²) in [6.07, 6.45) is 6.73. The van der Waals surface area contributed by atoms with Crippen LogP contribution in [0, 0.1) is 0 Å². The summed E-state index contributed by atoms with van der Waals surface area (Å²) in [6, 6.07) is 3.74. The zero-order valence-electron chi connectivity index (χ0n) is 14.8. The summed E-state index contributed by atoms with van der Waals surface area (Å²) in [5.74, 6) is 0.217. The smallest absolute Gasteiger partial charge is 0.204 e. The highest BCUT2D eigenvalue weighted by Gasteiger charge is 2.26. The molecule has 2 rings (SSSR count). The Morgan fingerprint density at radius 1 is 0.870 bits per heavy atom. The zero-order valence-corrected chi connectivity index (χ0v) is 14.8. The van der Waals surface area contributed by atoms with E-state index in [9.17, 15) is 9.90 Å². The van der Waals surface area contributed by atoms with E-state index in [1.54, 1.807) is 18.2 Å². The third kappa shape index (κ3) is 3.79. The van der Waals surface area contributed by atoms with Crippen molar-refractivity contribution < 1.29 is 9.90 Å². The molecule has 122 valence electrons. The minimum Gasteiger partial charge on any atom is -0.507 e. The van der Waals surface area contributed by atoms with Crippen LogP contribution in [0.5, 0.6) is 5.75 Å². The van der Waals surface area contributed by atoms with E-state index in [4.69, 9.17) is 0 Å². The maximum absolute atomic E-state index is 11.9. The maximum atomic E-state index is 11.9. The van der Waals surface area contributed by atoms with Crippen molar-refractivity contribution in [1.29, 1.82) is 0 Å². The normalized spacial score (nSPS) is 17.1. The van der Waals surface area contributed by atoms with Gasteiger partial charge in [-0.3, -0.25) is 4.79 Å². The van der Waals surface area contributed by atoms with Crippen LogP contribution < -0.4 is 0 Å². The van der Waals surface area contributed by atoms with Gasteiger partial charge in [0.25, 0.3) is 0 Å². The van der Waals surface area contributed by atoms with Gasteiger partial charge < -0.3 is 5.11 Å². The van der Waals surface area contributed by atoms with E-state index in [-0.39, 0.29) is 16.6 Å². The SMILES string of the molecule is CC(C)(C)c1cc(N=C2C=CC=CC2=O)cc(C(C)(C)C)c1O. The molecule has 0 bridgehead atoms. The second-order valence-corrected chi connectivity index (χ2v) is 7.97. The summed E-state index contributed by atoms with van der Waals surface area (Å²) < 4.78 is 0. The summed E-state index contributed by atoms with van der Waals surface area (Å²) in [4.78, 5) is 16.4. The molecule has 0 aliphatic heterocycles. The predicted molar refractivity (Wildman–Crippen MR) is 95.9 cm³/mol. The zero-order chi connectivity index (χ0) is 17.4. The van der Waals surface area contributed by atoms with Crippen molar-refractivity contribution in [2.45, 2.75) is 52.4 Å². The Morgan fingerprint density at radius 3 is 1.78 bits per heavy atom. The summed E-state index contributed by atoms with van der Waals surface area (Å²) in [7, 11) is 0. The van der Waals surface area contributed by atoms with Gasteiger partial charge in [-0.25, -0.2) is 4.99 Å². The molecule has 1 aliphatic rings. The van der Waals surface area contributed by atoms with Crippen LogP contribution in [0.1, 0.15) is 52.7 Å². The molecule has 23 heavy (non-hydrogen) atoms. The number of carbonyl (C=O) groups excluding carboxylic acids is 1. The number of phenolic OH excluding ortho intramolecular Hbond substituents is 1. The van der Waals surface area contributed by atoms with Crippen LogP contribution in [-0.4, -0.2) is 16.6 Å². The number of allylic oxidation sites excluding steroid dienone is 4. The lowest BCUT2D eigenvalue weighted by molar-refractivity contribution is -0.108. The van der Waals surface area contributed by atoms with Gasteiger partial charge in [-0.1, -0.05) is 53.7 Å². The molecule has 1 aromatic rings. The lowest BCUT2D eigenvalue weighted by Crippen LogP contribution is -2.17. The number of phenols is 1. The second-order valence-electron chi connectivity index (χ2n) is 7.97. The molecule has 0 atom stereocenters. The Kier molecular flexibility index (Phi) is 4.34. The van der Waals surface area contributed by atoms with Crippen molar-refractivity contribution in [3.05, 3.63) is 47.6 Å². The standard InChI is InChI=1S/C20H25NO2/c1-19(2,3)14-11-13(12-15(18(14)23)20(4,5)6)21-16-9-7-8-10-17(16)22/h7-12,23H,1-6H3. The van der Waals surface area contributed by atoms with E-state index in [0.717, 1.165) is 11.1 Å². The first-order valence-corrected chi connectivity index (χ1v) is 7.86. The average molecular weight is 311 g/mol. The number of nitrogens with zero attached hydrogens (tertiary/aromatic N) is 1. The molecular formula is C20H25NO2. The van der Waals surface area contributed by atoms with E-state index < -0.39 is 0 Å². The van der Waals surface area contributed by atoms with Crippen molar-refractivity contribution in [1.82, 2.24) is 0 Å². The first kappa shape index (κ1) is 17.2. The summed E-state index contributed by atoms with van der Waals surface area (Å²) >= 11 is 0. The molecule has 1 N–H and O–H groups in total. The van der Waals surface area contributed by atoms with Gasteiger partial charge in [-0.15, -0.1) is 0 Å². The largest absolute Gasteiger partial charge is 0.507 e. The van der Waals surface area contributed by atoms with Gasteiger partial charge in [-0.2, -0.15) is 0 Å². The average Bonchev–Trinajstić information content (AvgIpc) is 2.40. The van der Waals surface area contributed by atoms with E-state index in [1.165, 1.54) is 6.08 Å². The van der Waals surface area contributed by atoms with Gasteiger partial charge in [-0.05, 0) is 35.1 Å². The number of benzene rings is 1. The molecule has 0 amide bonds. The third-order valence-corrected chi connectivity index (χ3v) is 3.83. The van der Waals surface area contributed by atoms with Gasteiger partial charge in [0.1, 0.15) is 11.5 Å². The molecular weight excluding hydrogens is 286 g/mol. The Hall–Kier alpha value is -2.16. The Labute approximate surface area is 138 Å². The number of rotatable bonds is 1. The number of hydrogen-bond acceptors (Lipinski definition) is 3. The van der Waals surface area contributed by atoms with Crippen LogP contribution in [0.15, 0.2) is 41.4 Å². The van der Waals surface area contributed by atoms with Gasteiger partial charge in [0, 0.05) is 11.1 Å². The highest BCUT2D eigenvalue weighted by Crippen LogP contribution is 2.41. The van der Waals surface area contributed by atoms with Gasteiger partial charge in [0.15, 0.2) is 0 Å². The van der Waals surface area contributed by atoms with Crippen molar-refractivity contribution in [2.75, 3.05) is 0 Å². The third-order valence-electron chi connectivity index (χ3n) is 3.83. The fraction of sp³-hybridized carbons (Fsp3) is 0.400. The highest BCUT2D eigenvalue weighted by molar-refractivity contribution is 6.49. The first-order valence-electron chi connectivity index (χ1n) is 7.86. The maximum Gasteiger partial charge on any atom is 0.204 e. The van der Waals surface area contributed by atoms with E-state index in [0.29, 0.717) is 17.1 Å². The number of aliphatic imine (C=N–C) groups is 1. The lowest BCUT2D eigenvalue weighted by Gasteiger charge is -2.27. The van der Waals surface area contributed by atoms with E-state index in [1.807, 2.05) is 12.1 Å². The molecule has 0 saturated carbocycles. The van der Waals surface area contributed by atoms with Crippen LogP contribution in [0.3, 0.4) is 0 Å². The minimum atomic E-state index is -0.216. The summed E-state index contributed by atoms with van der Waals surface area (Å²) in [6.45, 7) is 12.3. The topological polar surface area (TPSA) is 49.7 Å². The minimum absolute atomic E-state index is 0.102. The molecule has 1 aliphatic carbocycles. The fourth-order valence-corrected chi connectivity index (χ4v) is 2.52. The van der Waals surface area contributed by atoms with Crippen LogP contribution in [0.4, 0.5) is 5.69 Å². The quantitative estimate of drug-likeness (QED) is 0.760. The molecule has 3 nitrogen and oxygen atoms in total. The lowest BCUT2D eigenvalue weighted by atomic mass is 9.79. The molecule has 3 heteroatoms. The van der Waals surface area contributed by atoms with Crippen LogP contribution in [0.2, 0.25) is 0 Å². The molecule has 0 unspecified atom stereocenters. The van der Waals surface area contributed by atoms with Crippen molar-refractivity contribution in [3.63, 3.8) is 0 Å². The fourth-order valence-electron chi connectivity index (χ4n) is 2.52. The van der Waals surface area contributed by atoms with E-state index in [2.05, 4.69) is 46.5 Å². The first-order chi connectivity index (χ1) is 10.5. The molecule has 0 heterocycles. The number of hydrogen-bond donors (Lipinski definition) is 1. The predicted octanol–water partition coefficient (Wildman–Crippen LogP) is 4.75. The summed E-state index contributed by atoms with van der Waals surface area (Å²) in [5, 5.41) is 10.7.